The second kappa shape index (κ2) is 41.9. The lowest BCUT2D eigenvalue weighted by Gasteiger charge is -2.33. The first kappa shape index (κ1) is 78.8. The van der Waals surface area contributed by atoms with Crippen LogP contribution in [0.2, 0.25) is 0 Å². The number of anilines is 1. The number of urea groups is 1. The molecule has 0 aromatic heterocycles. The highest BCUT2D eigenvalue weighted by Gasteiger charge is 2.36. The molecule has 522 valence electrons. The molecule has 3 aromatic rings. The minimum atomic E-state index is -1.21. The van der Waals surface area contributed by atoms with Crippen molar-refractivity contribution in [2.24, 2.45) is 0 Å². The minimum Gasteiger partial charge on any atom is -0.481 e. The van der Waals surface area contributed by atoms with Gasteiger partial charge >= 0.3 is 41.8 Å². The van der Waals surface area contributed by atoms with Crippen molar-refractivity contribution in [1.29, 1.82) is 0 Å². The number of carboxylic acid groups (broad SMARTS) is 6. The first-order valence-corrected chi connectivity index (χ1v) is 32.6. The van der Waals surface area contributed by atoms with Crippen LogP contribution in [0.5, 0.6) is 0 Å². The largest absolute Gasteiger partial charge is 0.481 e. The maximum atomic E-state index is 14.4. The molecular formula is C66H96N11O17S+. The van der Waals surface area contributed by atoms with E-state index in [2.05, 4.69) is 37.2 Å². The summed E-state index contributed by atoms with van der Waals surface area (Å²) in [5.41, 5.74) is 2.93. The Balaban J connectivity index is 1.24. The fourth-order valence-electron chi connectivity index (χ4n) is 10.8. The van der Waals surface area contributed by atoms with Crippen molar-refractivity contribution in [3.05, 3.63) is 102 Å². The predicted molar refractivity (Wildman–Crippen MR) is 356 cm³/mol. The number of thiocarbonyl (C=S) groups is 1. The second-order valence-corrected chi connectivity index (χ2v) is 24.9. The van der Waals surface area contributed by atoms with E-state index in [-0.39, 0.29) is 132 Å². The SMILES string of the molecule is CC(CCC(=O)O)[N+](C)(C)C(=O)NC(CCCCNC(=O)CCCCCCC(=O)NC(CCCCNC(=O)C(Cc1ccccc1)NC(=O)C(Cc1ccccc1)NC(=S)Nc1ccc(CC2CN(CC(=O)O)CCN(CC(=O)O)CCN2CC(=O)O)cc1)C(=O)O)C(=O)O. The van der Waals surface area contributed by atoms with Crippen LogP contribution < -0.4 is 37.2 Å². The molecule has 28 nitrogen and oxygen atoms in total. The molecule has 0 radical (unpaired) electrons. The van der Waals surface area contributed by atoms with Gasteiger partial charge in [0.05, 0.1) is 46.2 Å². The van der Waals surface area contributed by atoms with Gasteiger partial charge < -0.3 is 62.5 Å². The summed E-state index contributed by atoms with van der Waals surface area (Å²) in [7, 11) is 3.18. The molecule has 6 atom stereocenters. The number of unbranched alkanes of at least 4 members (excludes halogenated alkanes) is 5. The van der Waals surface area contributed by atoms with Crippen LogP contribution in [0.3, 0.4) is 0 Å². The van der Waals surface area contributed by atoms with Gasteiger partial charge in [-0.3, -0.25) is 58.4 Å². The Morgan fingerprint density at radius 3 is 1.55 bits per heavy atom. The Kier molecular flexibility index (Phi) is 34.8. The van der Waals surface area contributed by atoms with Gasteiger partial charge in [0.15, 0.2) is 5.11 Å². The number of aliphatic carboxylic acids is 6. The molecule has 0 spiro atoms. The number of hydrogen-bond acceptors (Lipinski definition) is 15. The van der Waals surface area contributed by atoms with Crippen molar-refractivity contribution in [3.8, 4) is 0 Å². The molecule has 29 heteroatoms. The van der Waals surface area contributed by atoms with Gasteiger partial charge in [-0.25, -0.2) is 18.9 Å². The number of carbonyl (C=O) groups is 11. The fraction of sp³-hybridized carbons (Fsp3) is 0.545. The van der Waals surface area contributed by atoms with Gasteiger partial charge in [-0.2, -0.15) is 0 Å². The average molecular weight is 1350 g/mol. The molecule has 6 unspecified atom stereocenters. The highest BCUT2D eigenvalue weighted by molar-refractivity contribution is 7.80. The van der Waals surface area contributed by atoms with Gasteiger partial charge in [0, 0.05) is 89.6 Å². The Morgan fingerprint density at radius 1 is 0.495 bits per heavy atom. The number of quaternary nitrogens is 1. The van der Waals surface area contributed by atoms with Crippen LogP contribution in [-0.2, 0) is 67.2 Å². The predicted octanol–water partition coefficient (Wildman–Crippen LogP) is 3.37. The van der Waals surface area contributed by atoms with Crippen molar-refractivity contribution >= 4 is 88.5 Å². The molecule has 0 aliphatic carbocycles. The molecular weight excluding hydrogens is 1250 g/mol. The van der Waals surface area contributed by atoms with E-state index in [9.17, 15) is 78.3 Å². The third kappa shape index (κ3) is 31.4. The molecule has 1 aliphatic heterocycles. The van der Waals surface area contributed by atoms with Crippen LogP contribution in [0.25, 0.3) is 0 Å². The van der Waals surface area contributed by atoms with Crippen molar-refractivity contribution in [3.63, 3.8) is 0 Å². The van der Waals surface area contributed by atoms with E-state index in [1.54, 1.807) is 47.9 Å². The Bertz CT molecular complexity index is 3000. The van der Waals surface area contributed by atoms with Crippen LogP contribution in [0.1, 0.15) is 114 Å². The van der Waals surface area contributed by atoms with Gasteiger partial charge in [0.25, 0.3) is 0 Å². The third-order valence-corrected chi connectivity index (χ3v) is 16.8. The van der Waals surface area contributed by atoms with Gasteiger partial charge in [-0.05, 0) is 106 Å². The lowest BCUT2D eigenvalue weighted by molar-refractivity contribution is -0.834. The van der Waals surface area contributed by atoms with Crippen LogP contribution in [0, 0.1) is 0 Å². The molecule has 1 aliphatic rings. The molecule has 1 heterocycles. The smallest absolute Gasteiger partial charge is 0.417 e. The number of carbonyl (C=O) groups excluding carboxylic acids is 5. The van der Waals surface area contributed by atoms with Crippen molar-refractivity contribution in [1.82, 2.24) is 46.6 Å². The Labute approximate surface area is 559 Å². The molecule has 95 heavy (non-hydrogen) atoms. The number of carboxylic acids is 6. The topological polar surface area (TPSA) is 403 Å². The summed E-state index contributed by atoms with van der Waals surface area (Å²) >= 11 is 5.75. The summed E-state index contributed by atoms with van der Waals surface area (Å²) in [4.78, 5) is 142. The van der Waals surface area contributed by atoms with E-state index < -0.39 is 89.8 Å². The van der Waals surface area contributed by atoms with Crippen LogP contribution in [0.15, 0.2) is 84.9 Å². The summed E-state index contributed by atoms with van der Waals surface area (Å²) in [6, 6.07) is 19.8. The van der Waals surface area contributed by atoms with Crippen LogP contribution in [-0.4, -0.2) is 236 Å². The van der Waals surface area contributed by atoms with Crippen LogP contribution in [0.4, 0.5) is 10.5 Å². The highest BCUT2D eigenvalue weighted by Crippen LogP contribution is 2.19. The molecule has 1 fully saturated rings. The highest BCUT2D eigenvalue weighted by atomic mass is 32.1. The molecule has 0 saturated carbocycles. The van der Waals surface area contributed by atoms with Gasteiger partial charge in [0.1, 0.15) is 24.2 Å². The summed E-state index contributed by atoms with van der Waals surface area (Å²) in [6.07, 6.45) is 5.18. The van der Waals surface area contributed by atoms with E-state index in [1.807, 2.05) is 72.8 Å². The van der Waals surface area contributed by atoms with E-state index in [1.165, 1.54) is 0 Å². The number of nitrogens with one attached hydrogen (secondary N) is 7. The van der Waals surface area contributed by atoms with E-state index in [0.717, 1.165) is 16.7 Å². The summed E-state index contributed by atoms with van der Waals surface area (Å²) in [6.45, 7) is 2.52. The number of hydrogen-bond donors (Lipinski definition) is 13. The lowest BCUT2D eigenvalue weighted by Crippen LogP contribution is -2.59. The maximum absolute atomic E-state index is 14.4. The van der Waals surface area contributed by atoms with Gasteiger partial charge in [0.2, 0.25) is 23.6 Å². The first-order chi connectivity index (χ1) is 45.2. The summed E-state index contributed by atoms with van der Waals surface area (Å²) < 4.78 is -0.236. The monoisotopic (exact) mass is 1350 g/mol. The van der Waals surface area contributed by atoms with Gasteiger partial charge in [-0.1, -0.05) is 85.6 Å². The quantitative estimate of drug-likeness (QED) is 0.0220. The molecule has 3 aromatic carbocycles. The second-order valence-electron chi connectivity index (χ2n) is 24.5. The Morgan fingerprint density at radius 2 is 1.00 bits per heavy atom. The lowest BCUT2D eigenvalue weighted by atomic mass is 10.0. The third-order valence-electron chi connectivity index (χ3n) is 16.6. The summed E-state index contributed by atoms with van der Waals surface area (Å²) in [5.74, 6) is -8.22. The minimum absolute atomic E-state index is 0.0812. The molecule has 4 rings (SSSR count). The van der Waals surface area contributed by atoms with Gasteiger partial charge in [-0.15, -0.1) is 0 Å². The fourth-order valence-corrected chi connectivity index (χ4v) is 11.1. The molecule has 6 amide bonds. The number of amides is 6. The number of rotatable bonds is 42. The zero-order valence-electron chi connectivity index (χ0n) is 54.5. The Hall–Kier alpha value is -8.64. The number of benzene rings is 3. The summed E-state index contributed by atoms with van der Waals surface area (Å²) in [5, 5.41) is 77.7. The standard InChI is InChI=1S/C66H95N11O17S/c1-45(26-31-57(80)81)77(2,3)66(94)73-52(64(92)93)23-14-16-32-67-55(78)24-12-4-5-13-25-56(79)70-51(63(90)91)22-15-17-33-68-61(88)53(39-46-18-8-6-9-19-46)71-62(89)54(40-47-20-10-7-11-21-47)72-65(95)69-49-29-27-48(28-30-49)38-50-41-75(43-59(84)85)35-34-74(42-58(82)83)36-37-76(50)44-60(86)87/h6-11,18-21,27-30,45,50-54H,4-5,12-17,22-26,31-44H2,1-3H3,(H12-,67,68,69,70,71,72,73,78,79,80,81,82,83,84,85,86,87,88,89,90,91,92,93,94,95)/p+1. The van der Waals surface area contributed by atoms with Crippen molar-refractivity contribution in [2.75, 3.05) is 84.9 Å². The van der Waals surface area contributed by atoms with Crippen molar-refractivity contribution in [2.45, 2.75) is 152 Å². The molecule has 1 saturated heterocycles. The van der Waals surface area contributed by atoms with E-state index >= 15 is 0 Å². The number of nitrogens with zero attached hydrogens (tertiary/aromatic N) is 4. The zero-order chi connectivity index (χ0) is 69.9. The van der Waals surface area contributed by atoms with Crippen LogP contribution >= 0.6 is 12.2 Å². The van der Waals surface area contributed by atoms with E-state index in [0.29, 0.717) is 70.0 Å². The van der Waals surface area contributed by atoms with Crippen molar-refractivity contribution < 1.29 is 87.9 Å². The molecule has 13 N–H and O–H groups in total. The molecule has 0 bridgehead atoms. The zero-order valence-corrected chi connectivity index (χ0v) is 55.3. The first-order valence-electron chi connectivity index (χ1n) is 32.2. The average Bonchev–Trinajstić information content (AvgIpc) is 1.49. The van der Waals surface area contributed by atoms with E-state index in [4.69, 9.17) is 17.3 Å². The normalized spacial score (nSPS) is 15.5. The maximum Gasteiger partial charge on any atom is 0.417 e.